The molecule has 1 aliphatic rings. The van der Waals surface area contributed by atoms with Crippen LogP contribution in [0.25, 0.3) is 0 Å². The Labute approximate surface area is 156 Å². The van der Waals surface area contributed by atoms with Gasteiger partial charge in [-0.15, -0.1) is 0 Å². The van der Waals surface area contributed by atoms with Crippen LogP contribution in [0.15, 0.2) is 54.6 Å². The Kier molecular flexibility index (Phi) is 6.63. The molecule has 0 saturated carbocycles. The molecule has 1 aliphatic heterocycles. The van der Waals surface area contributed by atoms with Crippen molar-refractivity contribution in [2.24, 2.45) is 0 Å². The van der Waals surface area contributed by atoms with Crippen LogP contribution in [0.3, 0.4) is 0 Å². The van der Waals surface area contributed by atoms with Crippen LogP contribution in [-0.4, -0.2) is 50.6 Å². The van der Waals surface area contributed by atoms with Crippen molar-refractivity contribution < 1.29 is 4.79 Å². The highest BCUT2D eigenvalue weighted by atomic mass is 16.1. The summed E-state index contributed by atoms with van der Waals surface area (Å²) in [7, 11) is 2.16. The minimum atomic E-state index is 0.0397. The summed E-state index contributed by atoms with van der Waals surface area (Å²) in [5, 5.41) is 6.27. The molecule has 0 radical (unpaired) electrons. The Morgan fingerprint density at radius 1 is 0.962 bits per heavy atom. The molecule has 2 N–H and O–H groups in total. The SMILES string of the molecule is CN1CCN(c2ccc(NC(=O)CCNCc3ccccc3)cc2)CC1. The van der Waals surface area contributed by atoms with Crippen molar-refractivity contribution in [2.45, 2.75) is 13.0 Å². The van der Waals surface area contributed by atoms with Gasteiger partial charge in [-0.25, -0.2) is 0 Å². The number of amides is 1. The maximum atomic E-state index is 12.1. The van der Waals surface area contributed by atoms with E-state index in [0.29, 0.717) is 13.0 Å². The van der Waals surface area contributed by atoms with E-state index in [2.05, 4.69) is 51.7 Å². The summed E-state index contributed by atoms with van der Waals surface area (Å²) in [6, 6.07) is 18.4. The molecule has 1 heterocycles. The van der Waals surface area contributed by atoms with Gasteiger partial charge in [0.25, 0.3) is 0 Å². The van der Waals surface area contributed by atoms with E-state index in [9.17, 15) is 4.79 Å². The van der Waals surface area contributed by atoms with Crippen molar-refractivity contribution in [1.29, 1.82) is 0 Å². The lowest BCUT2D eigenvalue weighted by Crippen LogP contribution is -2.44. The van der Waals surface area contributed by atoms with Crippen LogP contribution in [0, 0.1) is 0 Å². The second kappa shape index (κ2) is 9.36. The molecule has 0 aliphatic carbocycles. The zero-order valence-corrected chi connectivity index (χ0v) is 15.4. The van der Waals surface area contributed by atoms with Crippen LogP contribution >= 0.6 is 0 Å². The first-order chi connectivity index (χ1) is 12.7. The summed E-state index contributed by atoms with van der Waals surface area (Å²) in [6.45, 7) is 5.74. The molecule has 5 nitrogen and oxygen atoms in total. The van der Waals surface area contributed by atoms with E-state index in [4.69, 9.17) is 0 Å². The number of benzene rings is 2. The number of hydrogen-bond donors (Lipinski definition) is 2. The summed E-state index contributed by atoms with van der Waals surface area (Å²) in [4.78, 5) is 16.8. The molecule has 1 saturated heterocycles. The lowest BCUT2D eigenvalue weighted by Gasteiger charge is -2.34. The van der Waals surface area contributed by atoms with Crippen LogP contribution < -0.4 is 15.5 Å². The molecule has 26 heavy (non-hydrogen) atoms. The van der Waals surface area contributed by atoms with E-state index in [0.717, 1.165) is 38.4 Å². The van der Waals surface area contributed by atoms with Gasteiger partial charge >= 0.3 is 0 Å². The second-order valence-corrected chi connectivity index (χ2v) is 6.80. The Hall–Kier alpha value is -2.37. The number of nitrogens with zero attached hydrogens (tertiary/aromatic N) is 2. The fraction of sp³-hybridized carbons (Fsp3) is 0.381. The fourth-order valence-electron chi connectivity index (χ4n) is 3.07. The van der Waals surface area contributed by atoms with Gasteiger partial charge in [0.05, 0.1) is 0 Å². The highest BCUT2D eigenvalue weighted by molar-refractivity contribution is 5.91. The van der Waals surface area contributed by atoms with Crippen molar-refractivity contribution in [3.8, 4) is 0 Å². The largest absolute Gasteiger partial charge is 0.369 e. The Morgan fingerprint density at radius 3 is 2.35 bits per heavy atom. The normalized spacial score (nSPS) is 15.0. The third-order valence-electron chi connectivity index (χ3n) is 4.72. The molecule has 0 atom stereocenters. The van der Waals surface area contributed by atoms with Crippen molar-refractivity contribution in [2.75, 3.05) is 50.0 Å². The van der Waals surface area contributed by atoms with E-state index in [1.807, 2.05) is 30.3 Å². The van der Waals surface area contributed by atoms with Crippen LogP contribution in [-0.2, 0) is 11.3 Å². The molecule has 2 aromatic carbocycles. The molecular weight excluding hydrogens is 324 g/mol. The fourth-order valence-corrected chi connectivity index (χ4v) is 3.07. The Balaban J connectivity index is 1.38. The van der Waals surface area contributed by atoms with Gasteiger partial charge < -0.3 is 20.4 Å². The van der Waals surface area contributed by atoms with E-state index in [1.54, 1.807) is 0 Å². The number of anilines is 2. The molecule has 1 fully saturated rings. The minimum absolute atomic E-state index is 0.0397. The van der Waals surface area contributed by atoms with Crippen molar-refractivity contribution in [1.82, 2.24) is 10.2 Å². The molecule has 0 spiro atoms. The van der Waals surface area contributed by atoms with Crippen LogP contribution in [0.4, 0.5) is 11.4 Å². The molecule has 5 heteroatoms. The predicted octanol–water partition coefficient (Wildman–Crippen LogP) is 2.56. The third-order valence-corrected chi connectivity index (χ3v) is 4.72. The number of nitrogens with one attached hydrogen (secondary N) is 2. The summed E-state index contributed by atoms with van der Waals surface area (Å²) in [5.74, 6) is 0.0397. The molecule has 0 bridgehead atoms. The zero-order valence-electron chi connectivity index (χ0n) is 15.4. The molecular formula is C21H28N4O. The van der Waals surface area contributed by atoms with Gasteiger partial charge in [-0.2, -0.15) is 0 Å². The molecule has 0 unspecified atom stereocenters. The van der Waals surface area contributed by atoms with E-state index in [-0.39, 0.29) is 5.91 Å². The van der Waals surface area contributed by atoms with Gasteiger partial charge in [0.15, 0.2) is 0 Å². The molecule has 1 amide bonds. The maximum Gasteiger partial charge on any atom is 0.225 e. The number of carbonyl (C=O) groups excluding carboxylic acids is 1. The van der Waals surface area contributed by atoms with Crippen LogP contribution in [0.2, 0.25) is 0 Å². The van der Waals surface area contributed by atoms with E-state index >= 15 is 0 Å². The smallest absolute Gasteiger partial charge is 0.225 e. The molecule has 3 rings (SSSR count). The second-order valence-electron chi connectivity index (χ2n) is 6.80. The monoisotopic (exact) mass is 352 g/mol. The lowest BCUT2D eigenvalue weighted by molar-refractivity contribution is -0.116. The quantitative estimate of drug-likeness (QED) is 0.752. The number of likely N-dealkylation sites (N-methyl/N-ethyl adjacent to an activating group) is 1. The highest BCUT2D eigenvalue weighted by Crippen LogP contribution is 2.19. The average Bonchev–Trinajstić information content (AvgIpc) is 2.67. The summed E-state index contributed by atoms with van der Waals surface area (Å²) >= 11 is 0. The van der Waals surface area contributed by atoms with Gasteiger partial charge in [-0.1, -0.05) is 30.3 Å². The van der Waals surface area contributed by atoms with Crippen molar-refractivity contribution >= 4 is 17.3 Å². The summed E-state index contributed by atoms with van der Waals surface area (Å²) in [5.41, 5.74) is 3.31. The van der Waals surface area contributed by atoms with Gasteiger partial charge in [-0.05, 0) is 36.9 Å². The topological polar surface area (TPSA) is 47.6 Å². The van der Waals surface area contributed by atoms with Crippen molar-refractivity contribution in [3.63, 3.8) is 0 Å². The predicted molar refractivity (Wildman–Crippen MR) is 108 cm³/mol. The molecule has 138 valence electrons. The van der Waals surface area contributed by atoms with E-state index < -0.39 is 0 Å². The number of hydrogen-bond acceptors (Lipinski definition) is 4. The Morgan fingerprint density at radius 2 is 1.65 bits per heavy atom. The molecule has 2 aromatic rings. The third kappa shape index (κ3) is 5.58. The first kappa shape index (κ1) is 18.4. The average molecular weight is 352 g/mol. The first-order valence-corrected chi connectivity index (χ1v) is 9.29. The lowest BCUT2D eigenvalue weighted by atomic mass is 10.2. The van der Waals surface area contributed by atoms with E-state index in [1.165, 1.54) is 11.3 Å². The van der Waals surface area contributed by atoms with Gasteiger partial charge in [0.2, 0.25) is 5.91 Å². The number of rotatable bonds is 7. The van der Waals surface area contributed by atoms with Crippen LogP contribution in [0.1, 0.15) is 12.0 Å². The molecule has 0 aromatic heterocycles. The first-order valence-electron chi connectivity index (χ1n) is 9.29. The van der Waals surface area contributed by atoms with Gasteiger partial charge in [-0.3, -0.25) is 4.79 Å². The van der Waals surface area contributed by atoms with Gasteiger partial charge in [0, 0.05) is 57.1 Å². The zero-order chi connectivity index (χ0) is 18.2. The summed E-state index contributed by atoms with van der Waals surface area (Å²) < 4.78 is 0. The highest BCUT2D eigenvalue weighted by Gasteiger charge is 2.14. The van der Waals surface area contributed by atoms with Crippen LogP contribution in [0.5, 0.6) is 0 Å². The number of carbonyl (C=O) groups is 1. The van der Waals surface area contributed by atoms with Crippen molar-refractivity contribution in [3.05, 3.63) is 60.2 Å². The standard InChI is InChI=1S/C21H28N4O/c1-24-13-15-25(16-14-24)20-9-7-19(8-10-20)23-21(26)11-12-22-17-18-5-3-2-4-6-18/h2-10,22H,11-17H2,1H3,(H,23,26). The Bertz CT molecular complexity index is 679. The summed E-state index contributed by atoms with van der Waals surface area (Å²) in [6.07, 6.45) is 0.465. The minimum Gasteiger partial charge on any atom is -0.369 e. The van der Waals surface area contributed by atoms with Gasteiger partial charge in [0.1, 0.15) is 0 Å². The number of piperazine rings is 1. The maximum absolute atomic E-state index is 12.1.